The van der Waals surface area contributed by atoms with Crippen molar-refractivity contribution < 1.29 is 9.90 Å². The molecule has 1 N–H and O–H groups in total. The number of aliphatic hydroxyl groups is 1. The highest BCUT2D eigenvalue weighted by Gasteiger charge is 2.58. The Balaban J connectivity index is 1.17. The maximum absolute atomic E-state index is 13.7. The minimum Gasteiger partial charge on any atom is -0.390 e. The summed E-state index contributed by atoms with van der Waals surface area (Å²) in [7, 11) is 0. The Labute approximate surface area is 219 Å². The van der Waals surface area contributed by atoms with Crippen molar-refractivity contribution in [2.75, 3.05) is 0 Å². The first-order chi connectivity index (χ1) is 17.7. The number of rotatable bonds is 5. The molecule has 1 heterocycles. The van der Waals surface area contributed by atoms with Crippen molar-refractivity contribution in [3.63, 3.8) is 0 Å². The summed E-state index contributed by atoms with van der Waals surface area (Å²) in [6.07, 6.45) is 10.7. The van der Waals surface area contributed by atoms with Crippen LogP contribution in [0.4, 0.5) is 0 Å². The Morgan fingerprint density at radius 2 is 1.84 bits per heavy atom. The molecule has 0 saturated heterocycles. The van der Waals surface area contributed by atoms with E-state index in [-0.39, 0.29) is 29.4 Å². The highest BCUT2D eigenvalue weighted by Crippen LogP contribution is 2.64. The number of Topliss-reactive ketones (excluding diaryl/α,β-unsaturated/α-hetero) is 1. The summed E-state index contributed by atoms with van der Waals surface area (Å²) in [5.74, 6) is 3.59. The zero-order valence-electron chi connectivity index (χ0n) is 22.6. The lowest BCUT2D eigenvalue weighted by Gasteiger charge is -2.56. The summed E-state index contributed by atoms with van der Waals surface area (Å²) in [5, 5.41) is 18.8. The van der Waals surface area contributed by atoms with Gasteiger partial charge in [-0.05, 0) is 134 Å². The van der Waals surface area contributed by atoms with Gasteiger partial charge in [0, 0.05) is 5.92 Å². The van der Waals surface area contributed by atoms with E-state index in [0.29, 0.717) is 23.4 Å². The fourth-order valence-corrected chi connectivity index (χ4v) is 9.31. The van der Waals surface area contributed by atoms with E-state index >= 15 is 0 Å². The van der Waals surface area contributed by atoms with Crippen LogP contribution in [0.5, 0.6) is 0 Å². The lowest BCUT2D eigenvalue weighted by atomic mass is 9.49. The molecule has 37 heavy (non-hydrogen) atoms. The normalized spacial score (nSPS) is 39.0. The number of tetrazole rings is 1. The van der Waals surface area contributed by atoms with Gasteiger partial charge in [-0.15, -0.1) is 0 Å². The molecule has 4 aliphatic carbocycles. The molecule has 6 rings (SSSR count). The Bertz CT molecular complexity index is 1230. The predicted molar refractivity (Wildman–Crippen MR) is 141 cm³/mol. The molecule has 1 aromatic heterocycles. The molecule has 7 heteroatoms. The molecule has 4 aliphatic rings. The Morgan fingerprint density at radius 3 is 2.65 bits per heavy atom. The van der Waals surface area contributed by atoms with Gasteiger partial charge in [0.25, 0.3) is 0 Å². The first-order valence-corrected chi connectivity index (χ1v) is 14.6. The van der Waals surface area contributed by atoms with Crippen LogP contribution in [-0.4, -0.2) is 36.3 Å². The number of hydrogen-bond acceptors (Lipinski definition) is 5. The molecule has 8 atom stereocenters. The molecule has 1 aromatic carbocycles. The number of fused-ring (bicyclic) bond motifs is 5. The van der Waals surface area contributed by atoms with E-state index in [1.54, 1.807) is 0 Å². The second kappa shape index (κ2) is 9.18. The average molecular weight is 507 g/mol. The highest BCUT2D eigenvalue weighted by molar-refractivity contribution is 5.82. The van der Waals surface area contributed by atoms with Crippen molar-refractivity contribution in [2.45, 2.75) is 97.1 Å². The molecule has 2 aromatic rings. The van der Waals surface area contributed by atoms with Crippen molar-refractivity contribution in [1.29, 1.82) is 0 Å². The van der Waals surface area contributed by atoms with Crippen LogP contribution in [0.25, 0.3) is 5.69 Å². The van der Waals surface area contributed by atoms with Crippen molar-refractivity contribution in [2.24, 2.45) is 40.9 Å². The molecule has 0 aliphatic heterocycles. The summed E-state index contributed by atoms with van der Waals surface area (Å²) < 4.78 is 2.55. The number of ketones is 1. The summed E-state index contributed by atoms with van der Waals surface area (Å²) >= 11 is 0. The molecular formula is C30H42N4O3. The molecule has 4 fully saturated rings. The minimum absolute atomic E-state index is 0.00710. The molecule has 0 amide bonds. The molecule has 0 spiro atoms. The van der Waals surface area contributed by atoms with E-state index in [1.165, 1.54) is 28.6 Å². The maximum atomic E-state index is 13.7. The lowest BCUT2D eigenvalue weighted by Crippen LogP contribution is -2.51. The highest BCUT2D eigenvalue weighted by atomic mass is 16.3. The van der Waals surface area contributed by atoms with Crippen molar-refractivity contribution in [3.8, 4) is 5.69 Å². The smallest absolute Gasteiger partial charge is 0.368 e. The second-order valence-corrected chi connectivity index (χ2v) is 13.2. The van der Waals surface area contributed by atoms with Crippen LogP contribution in [0.2, 0.25) is 0 Å². The average Bonchev–Trinajstić information content (AvgIpc) is 3.42. The van der Waals surface area contributed by atoms with Gasteiger partial charge in [0.1, 0.15) is 6.54 Å². The van der Waals surface area contributed by atoms with Crippen LogP contribution in [0, 0.1) is 40.9 Å². The van der Waals surface area contributed by atoms with Gasteiger partial charge in [0.15, 0.2) is 5.78 Å². The maximum Gasteiger partial charge on any atom is 0.368 e. The van der Waals surface area contributed by atoms with Gasteiger partial charge in [0.05, 0.1) is 11.3 Å². The van der Waals surface area contributed by atoms with E-state index in [4.69, 9.17) is 0 Å². The molecule has 7 nitrogen and oxygen atoms in total. The van der Waals surface area contributed by atoms with Crippen LogP contribution >= 0.6 is 0 Å². The molecule has 0 bridgehead atoms. The standard InChI is InChI=1S/C30H42N4O3/c1-4-19-6-5-7-21(16-19)34-28(36)33(31-32-34)18-27(35)26-11-10-25-24-9-8-20-17-29(2,37)14-12-22(20)23(24)13-15-30(25,26)3/h5-7,16,20,22-26,37H,4,8-15,17-18H2,1-3H3/t20-,22+,23-,24-,25+,26-,29-,30+/m1/s1. The first-order valence-electron chi connectivity index (χ1n) is 14.6. The van der Waals surface area contributed by atoms with Crippen LogP contribution in [0.3, 0.4) is 0 Å². The zero-order chi connectivity index (χ0) is 25.9. The third-order valence-electron chi connectivity index (χ3n) is 11.1. The van der Waals surface area contributed by atoms with Crippen LogP contribution in [0.1, 0.15) is 84.1 Å². The molecule has 4 saturated carbocycles. The topological polar surface area (TPSA) is 90.0 Å². The predicted octanol–water partition coefficient (Wildman–Crippen LogP) is 4.58. The zero-order valence-corrected chi connectivity index (χ0v) is 22.6. The van der Waals surface area contributed by atoms with Gasteiger partial charge in [-0.3, -0.25) is 4.79 Å². The van der Waals surface area contributed by atoms with Crippen LogP contribution in [-0.2, 0) is 17.8 Å². The van der Waals surface area contributed by atoms with Gasteiger partial charge in [-0.2, -0.15) is 9.36 Å². The largest absolute Gasteiger partial charge is 0.390 e. The van der Waals surface area contributed by atoms with Crippen molar-refractivity contribution in [3.05, 3.63) is 40.3 Å². The molecule has 200 valence electrons. The van der Waals surface area contributed by atoms with Gasteiger partial charge < -0.3 is 5.11 Å². The summed E-state index contributed by atoms with van der Waals surface area (Å²) in [6.45, 7) is 6.46. The lowest BCUT2D eigenvalue weighted by molar-refractivity contribution is -0.133. The van der Waals surface area contributed by atoms with Crippen molar-refractivity contribution >= 4 is 5.78 Å². The third kappa shape index (κ3) is 4.21. The third-order valence-corrected chi connectivity index (χ3v) is 11.1. The van der Waals surface area contributed by atoms with Gasteiger partial charge in [-0.1, -0.05) is 26.0 Å². The SMILES string of the molecule is CCc1cccc(-n2nnn(CC(=O)[C@H]3CC[C@H]4[C@@H]5CC[C@@H]6C[C@](C)(O)CC[C@@H]6[C@H]5CC[C@]34C)c2=O)c1. The molecule has 0 unspecified atom stereocenters. The van der Waals surface area contributed by atoms with Crippen LogP contribution in [0.15, 0.2) is 29.1 Å². The van der Waals surface area contributed by atoms with Crippen LogP contribution < -0.4 is 5.69 Å². The number of aryl methyl sites for hydroxylation is 1. The number of carbonyl (C=O) groups is 1. The summed E-state index contributed by atoms with van der Waals surface area (Å²) in [6, 6.07) is 7.75. The van der Waals surface area contributed by atoms with E-state index in [2.05, 4.69) is 24.3 Å². The van der Waals surface area contributed by atoms with E-state index in [1.807, 2.05) is 31.2 Å². The summed E-state index contributed by atoms with van der Waals surface area (Å²) in [4.78, 5) is 26.7. The fourth-order valence-electron chi connectivity index (χ4n) is 9.31. The Hall–Kier alpha value is -2.28. The van der Waals surface area contributed by atoms with Gasteiger partial charge in [0.2, 0.25) is 0 Å². The van der Waals surface area contributed by atoms with E-state index in [0.717, 1.165) is 62.3 Å². The Morgan fingerprint density at radius 1 is 1.03 bits per heavy atom. The number of aromatic nitrogens is 4. The molecular weight excluding hydrogens is 464 g/mol. The van der Waals surface area contributed by atoms with E-state index in [9.17, 15) is 14.7 Å². The first kappa shape index (κ1) is 25.0. The van der Waals surface area contributed by atoms with Gasteiger partial charge in [-0.25, -0.2) is 4.79 Å². The minimum atomic E-state index is -0.485. The second-order valence-electron chi connectivity index (χ2n) is 13.2. The quantitative estimate of drug-likeness (QED) is 0.641. The molecule has 0 radical (unpaired) electrons. The summed E-state index contributed by atoms with van der Waals surface area (Å²) in [5.41, 5.74) is 0.995. The number of nitrogens with zero attached hydrogens (tertiary/aromatic N) is 4. The number of benzene rings is 1. The van der Waals surface area contributed by atoms with Crippen molar-refractivity contribution in [1.82, 2.24) is 19.8 Å². The van der Waals surface area contributed by atoms with Gasteiger partial charge >= 0.3 is 5.69 Å². The van der Waals surface area contributed by atoms with E-state index < -0.39 is 5.60 Å². The number of hydrogen-bond donors (Lipinski definition) is 1. The fraction of sp³-hybridized carbons (Fsp3) is 0.733. The Kier molecular flexibility index (Phi) is 6.21. The monoisotopic (exact) mass is 506 g/mol. The number of carbonyl (C=O) groups excluding carboxylic acids is 1.